The highest BCUT2D eigenvalue weighted by molar-refractivity contribution is 5.85. The van der Waals surface area contributed by atoms with E-state index < -0.39 is 17.5 Å². The first-order valence-corrected chi connectivity index (χ1v) is 6.16. The van der Waals surface area contributed by atoms with Crippen LogP contribution in [0.25, 0.3) is 0 Å². The molecule has 1 fully saturated rings. The number of piperidine rings is 1. The lowest BCUT2D eigenvalue weighted by atomic mass is 9.98. The van der Waals surface area contributed by atoms with E-state index in [9.17, 15) is 13.2 Å². The van der Waals surface area contributed by atoms with Gasteiger partial charge in [0.25, 0.3) is 0 Å². The SMILES string of the molecule is Cl.NCC1CCCN(Cc2cc(F)c(F)cc2F)C1. The van der Waals surface area contributed by atoms with E-state index in [2.05, 4.69) is 0 Å². The number of hydrogen-bond acceptors (Lipinski definition) is 2. The monoisotopic (exact) mass is 294 g/mol. The van der Waals surface area contributed by atoms with Gasteiger partial charge in [-0.1, -0.05) is 0 Å². The van der Waals surface area contributed by atoms with Crippen LogP contribution in [0.3, 0.4) is 0 Å². The Morgan fingerprint density at radius 2 is 1.84 bits per heavy atom. The van der Waals surface area contributed by atoms with Crippen molar-refractivity contribution in [3.05, 3.63) is 35.1 Å². The maximum absolute atomic E-state index is 13.5. The van der Waals surface area contributed by atoms with E-state index in [-0.39, 0.29) is 18.0 Å². The Bertz CT molecular complexity index is 429. The Balaban J connectivity index is 0.00000180. The lowest BCUT2D eigenvalue weighted by Crippen LogP contribution is -2.38. The molecule has 2 nitrogen and oxygen atoms in total. The van der Waals surface area contributed by atoms with E-state index in [1.54, 1.807) is 0 Å². The number of nitrogens with zero attached hydrogens (tertiary/aromatic N) is 1. The summed E-state index contributed by atoms with van der Waals surface area (Å²) in [4.78, 5) is 2.04. The molecule has 0 aromatic heterocycles. The molecule has 1 heterocycles. The average Bonchev–Trinajstić information content (AvgIpc) is 2.36. The number of hydrogen-bond donors (Lipinski definition) is 1. The van der Waals surface area contributed by atoms with E-state index in [1.165, 1.54) is 0 Å². The fraction of sp³-hybridized carbons (Fsp3) is 0.538. The zero-order valence-corrected chi connectivity index (χ0v) is 11.4. The quantitative estimate of drug-likeness (QED) is 0.869. The van der Waals surface area contributed by atoms with Gasteiger partial charge >= 0.3 is 0 Å². The third-order valence-corrected chi connectivity index (χ3v) is 3.42. The summed E-state index contributed by atoms with van der Waals surface area (Å²) >= 11 is 0. The zero-order chi connectivity index (χ0) is 13.1. The molecule has 0 aliphatic carbocycles. The summed E-state index contributed by atoms with van der Waals surface area (Å²) in [7, 11) is 0. The first-order chi connectivity index (χ1) is 8.60. The van der Waals surface area contributed by atoms with Gasteiger partial charge in [0, 0.05) is 24.7 Å². The van der Waals surface area contributed by atoms with E-state index in [0.29, 0.717) is 25.1 Å². The third-order valence-electron chi connectivity index (χ3n) is 3.42. The second-order valence-corrected chi connectivity index (χ2v) is 4.84. The fourth-order valence-electron chi connectivity index (χ4n) is 2.41. The predicted molar refractivity (Wildman–Crippen MR) is 70.6 cm³/mol. The van der Waals surface area contributed by atoms with Gasteiger partial charge in [0.15, 0.2) is 11.6 Å². The number of halogens is 4. The van der Waals surface area contributed by atoms with Gasteiger partial charge in [-0.15, -0.1) is 12.4 Å². The summed E-state index contributed by atoms with van der Waals surface area (Å²) in [6.07, 6.45) is 2.08. The Morgan fingerprint density at radius 3 is 2.53 bits per heavy atom. The highest BCUT2D eigenvalue weighted by atomic mass is 35.5. The van der Waals surface area contributed by atoms with E-state index in [0.717, 1.165) is 32.0 Å². The summed E-state index contributed by atoms with van der Waals surface area (Å²) in [5.41, 5.74) is 5.82. The van der Waals surface area contributed by atoms with Crippen molar-refractivity contribution in [3.8, 4) is 0 Å². The van der Waals surface area contributed by atoms with Crippen LogP contribution in [0.1, 0.15) is 18.4 Å². The van der Waals surface area contributed by atoms with Crippen LogP contribution in [-0.2, 0) is 6.54 Å². The molecule has 1 saturated heterocycles. The Morgan fingerprint density at radius 1 is 1.16 bits per heavy atom. The minimum absolute atomic E-state index is 0. The van der Waals surface area contributed by atoms with Crippen LogP contribution in [0.2, 0.25) is 0 Å². The van der Waals surface area contributed by atoms with Crippen LogP contribution in [0.5, 0.6) is 0 Å². The lowest BCUT2D eigenvalue weighted by molar-refractivity contribution is 0.169. The molecule has 2 rings (SSSR count). The number of nitrogens with two attached hydrogens (primary N) is 1. The molecule has 108 valence electrons. The maximum atomic E-state index is 13.5. The molecule has 19 heavy (non-hydrogen) atoms. The van der Waals surface area contributed by atoms with Crippen molar-refractivity contribution in [1.29, 1.82) is 0 Å². The molecule has 1 aromatic rings. The highest BCUT2D eigenvalue weighted by Crippen LogP contribution is 2.20. The standard InChI is InChI=1S/C13H17F3N2.ClH/c14-11-5-13(16)12(15)4-10(11)8-18-3-1-2-9(6-17)7-18;/h4-5,9H,1-3,6-8,17H2;1H. The van der Waals surface area contributed by atoms with Crippen LogP contribution in [-0.4, -0.2) is 24.5 Å². The second kappa shape index (κ2) is 7.12. The Kier molecular flexibility index (Phi) is 6.10. The number of benzene rings is 1. The van der Waals surface area contributed by atoms with Crippen LogP contribution in [0.15, 0.2) is 12.1 Å². The minimum Gasteiger partial charge on any atom is -0.330 e. The van der Waals surface area contributed by atoms with Crippen molar-refractivity contribution in [2.45, 2.75) is 19.4 Å². The molecule has 0 radical (unpaired) electrons. The molecule has 2 N–H and O–H groups in total. The normalized spacial score (nSPS) is 20.1. The van der Waals surface area contributed by atoms with Gasteiger partial charge in [0.1, 0.15) is 5.82 Å². The van der Waals surface area contributed by atoms with Crippen molar-refractivity contribution < 1.29 is 13.2 Å². The van der Waals surface area contributed by atoms with Crippen molar-refractivity contribution in [3.63, 3.8) is 0 Å². The van der Waals surface area contributed by atoms with Gasteiger partial charge in [-0.05, 0) is 37.9 Å². The van der Waals surface area contributed by atoms with Crippen molar-refractivity contribution in [1.82, 2.24) is 4.90 Å². The van der Waals surface area contributed by atoms with Crippen LogP contribution in [0, 0.1) is 23.4 Å². The van der Waals surface area contributed by atoms with Crippen molar-refractivity contribution in [2.75, 3.05) is 19.6 Å². The van der Waals surface area contributed by atoms with E-state index in [1.807, 2.05) is 4.90 Å². The Labute approximate surface area is 117 Å². The second-order valence-electron chi connectivity index (χ2n) is 4.84. The number of rotatable bonds is 3. The molecule has 0 amide bonds. The van der Waals surface area contributed by atoms with Crippen LogP contribution >= 0.6 is 12.4 Å². The molecule has 0 spiro atoms. The molecule has 0 saturated carbocycles. The predicted octanol–water partition coefficient (Wildman–Crippen LogP) is 2.70. The first kappa shape index (κ1) is 16.3. The van der Waals surface area contributed by atoms with Gasteiger partial charge in [0.05, 0.1) is 0 Å². The largest absolute Gasteiger partial charge is 0.330 e. The average molecular weight is 295 g/mol. The Hall–Kier alpha value is -0.780. The van der Waals surface area contributed by atoms with Crippen molar-refractivity contribution in [2.24, 2.45) is 11.7 Å². The molecule has 1 aliphatic rings. The first-order valence-electron chi connectivity index (χ1n) is 6.16. The van der Waals surface area contributed by atoms with Crippen LogP contribution in [0.4, 0.5) is 13.2 Å². The van der Waals surface area contributed by atoms with Gasteiger partial charge in [-0.2, -0.15) is 0 Å². The zero-order valence-electron chi connectivity index (χ0n) is 10.5. The topological polar surface area (TPSA) is 29.3 Å². The maximum Gasteiger partial charge on any atom is 0.161 e. The molecular weight excluding hydrogens is 277 g/mol. The van der Waals surface area contributed by atoms with Crippen LogP contribution < -0.4 is 5.73 Å². The fourth-order valence-corrected chi connectivity index (χ4v) is 2.41. The van der Waals surface area contributed by atoms with Gasteiger partial charge in [0.2, 0.25) is 0 Å². The summed E-state index contributed by atoms with van der Waals surface area (Å²) in [5, 5.41) is 0. The van der Waals surface area contributed by atoms with E-state index in [4.69, 9.17) is 5.73 Å². The molecule has 0 bridgehead atoms. The summed E-state index contributed by atoms with van der Waals surface area (Å²) in [5.74, 6) is -2.43. The van der Waals surface area contributed by atoms with Gasteiger partial charge in [-0.3, -0.25) is 4.90 Å². The smallest absolute Gasteiger partial charge is 0.161 e. The number of likely N-dealkylation sites (tertiary alicyclic amines) is 1. The third kappa shape index (κ3) is 4.09. The molecule has 1 atom stereocenters. The molecule has 6 heteroatoms. The molecule has 1 unspecified atom stereocenters. The van der Waals surface area contributed by atoms with Crippen molar-refractivity contribution >= 4 is 12.4 Å². The summed E-state index contributed by atoms with van der Waals surface area (Å²) in [6.45, 7) is 2.54. The van der Waals surface area contributed by atoms with Gasteiger partial charge in [-0.25, -0.2) is 13.2 Å². The molecule has 1 aromatic carbocycles. The lowest BCUT2D eigenvalue weighted by Gasteiger charge is -2.32. The van der Waals surface area contributed by atoms with E-state index >= 15 is 0 Å². The summed E-state index contributed by atoms with van der Waals surface area (Å²) in [6, 6.07) is 1.55. The molecule has 1 aliphatic heterocycles. The minimum atomic E-state index is -1.14. The molecular formula is C13H18ClF3N2. The summed E-state index contributed by atoms with van der Waals surface area (Å²) < 4.78 is 39.4. The van der Waals surface area contributed by atoms with Gasteiger partial charge < -0.3 is 5.73 Å². The highest BCUT2D eigenvalue weighted by Gasteiger charge is 2.20.